The summed E-state index contributed by atoms with van der Waals surface area (Å²) in [6.45, 7) is 6.31. The normalized spacial score (nSPS) is 18.8. The monoisotopic (exact) mass is 681 g/mol. The first kappa shape index (κ1) is 33.0. The zero-order valence-corrected chi connectivity index (χ0v) is 29.4. The number of para-hydroxylation sites is 2. The van der Waals surface area contributed by atoms with Crippen LogP contribution in [-0.2, 0) is 6.42 Å². The van der Waals surface area contributed by atoms with Crippen LogP contribution < -0.4 is 4.90 Å². The van der Waals surface area contributed by atoms with Gasteiger partial charge in [0.2, 0.25) is 0 Å². The highest BCUT2D eigenvalue weighted by Gasteiger charge is 2.39. The minimum absolute atomic E-state index is 0.00761. The predicted molar refractivity (Wildman–Crippen MR) is 216 cm³/mol. The lowest BCUT2D eigenvalue weighted by Crippen LogP contribution is -2.29. The van der Waals surface area contributed by atoms with E-state index in [9.17, 15) is 15.8 Å². The van der Waals surface area contributed by atoms with Gasteiger partial charge in [-0.2, -0.15) is 15.8 Å². The summed E-state index contributed by atoms with van der Waals surface area (Å²) in [5, 5.41) is 32.0. The summed E-state index contributed by atoms with van der Waals surface area (Å²) in [5.41, 5.74) is 12.2. The minimum Gasteiger partial charge on any atom is -0.332 e. The average molecular weight is 682 g/mol. The van der Waals surface area contributed by atoms with Gasteiger partial charge in [0.1, 0.15) is 12.1 Å². The highest BCUT2D eigenvalue weighted by Crippen LogP contribution is 2.49. The number of rotatable bonds is 6. The lowest BCUT2D eigenvalue weighted by molar-refractivity contribution is 0.741. The first-order chi connectivity index (χ1) is 26.1. The van der Waals surface area contributed by atoms with Crippen molar-refractivity contribution >= 4 is 39.6 Å². The van der Waals surface area contributed by atoms with Crippen LogP contribution in [0, 0.1) is 34.0 Å². The number of benzene rings is 3. The molecule has 53 heavy (non-hydrogen) atoms. The van der Waals surface area contributed by atoms with Gasteiger partial charge in [0.25, 0.3) is 0 Å². The summed E-state index contributed by atoms with van der Waals surface area (Å²) < 4.78 is 2.22. The molecule has 2 atom stereocenters. The van der Waals surface area contributed by atoms with Crippen LogP contribution in [0.25, 0.3) is 28.2 Å². The van der Waals surface area contributed by atoms with E-state index in [0.29, 0.717) is 29.6 Å². The first-order valence-electron chi connectivity index (χ1n) is 17.8. The lowest BCUT2D eigenvalue weighted by Gasteiger charge is -2.30. The number of allylic oxidation sites excluding steroid dienone is 16. The molecule has 252 valence electrons. The van der Waals surface area contributed by atoms with Crippen molar-refractivity contribution in [1.29, 1.82) is 15.8 Å². The molecule has 2 unspecified atom stereocenters. The molecule has 5 heteroatoms. The molecule has 0 spiro atoms. The summed E-state index contributed by atoms with van der Waals surface area (Å²) in [4.78, 5) is 2.23. The van der Waals surface area contributed by atoms with Crippen LogP contribution in [0.4, 0.5) is 11.4 Å². The molecule has 8 rings (SSSR count). The van der Waals surface area contributed by atoms with E-state index in [-0.39, 0.29) is 12.0 Å². The smallest absolute Gasteiger partial charge is 0.101 e. The van der Waals surface area contributed by atoms with Crippen LogP contribution in [0.15, 0.2) is 169 Å². The van der Waals surface area contributed by atoms with E-state index in [2.05, 4.69) is 131 Å². The SMILES string of the molecule is C=C(C#N)/C(=C(\C=C/C)C1=CC=CCC=C1c1ccc(N2c3ccccc3C3C=C(C#N)C=CC32)c(C#N)c1)n1c2c(c3ccccc31)C=CC=CC2. The van der Waals surface area contributed by atoms with Gasteiger partial charge < -0.3 is 9.47 Å². The van der Waals surface area contributed by atoms with E-state index in [1.807, 2.05) is 55.5 Å². The maximum absolute atomic E-state index is 10.7. The molecule has 1 aromatic heterocycles. The summed E-state index contributed by atoms with van der Waals surface area (Å²) in [6.07, 6.45) is 28.4. The third kappa shape index (κ3) is 5.55. The van der Waals surface area contributed by atoms with Crippen LogP contribution in [-0.4, -0.2) is 10.6 Å². The predicted octanol–water partition coefficient (Wildman–Crippen LogP) is 11.1. The third-order valence-corrected chi connectivity index (χ3v) is 10.4. The van der Waals surface area contributed by atoms with Gasteiger partial charge in [-0.05, 0) is 66.0 Å². The van der Waals surface area contributed by atoms with E-state index >= 15 is 0 Å². The molecule has 3 aromatic carbocycles. The van der Waals surface area contributed by atoms with Gasteiger partial charge in [-0.1, -0.05) is 122 Å². The zero-order chi connectivity index (χ0) is 36.5. The molecule has 0 bridgehead atoms. The van der Waals surface area contributed by atoms with E-state index in [0.717, 1.165) is 67.1 Å². The molecule has 5 nitrogen and oxygen atoms in total. The largest absolute Gasteiger partial charge is 0.332 e. The van der Waals surface area contributed by atoms with Crippen LogP contribution >= 0.6 is 0 Å². The summed E-state index contributed by atoms with van der Waals surface area (Å²) in [6, 6.07) is 29.9. The van der Waals surface area contributed by atoms with Crippen LogP contribution in [0.3, 0.4) is 0 Å². The van der Waals surface area contributed by atoms with Crippen molar-refractivity contribution in [3.8, 4) is 18.2 Å². The van der Waals surface area contributed by atoms with Crippen molar-refractivity contribution in [2.24, 2.45) is 0 Å². The fourth-order valence-electron chi connectivity index (χ4n) is 8.15. The standard InChI is InChI=1S/C48H35N5/c1-3-14-41(48(32(2)29-49)53-45-20-9-5-8-17-38(45)39-18-10-13-22-46(39)53)37-16-7-4-6-15-36(37)34-24-26-43(35(28-34)31-51)52-44-21-12-11-19-40(44)42-27-33(30-50)23-25-47(42)52/h3-5,7-19,21-28,42,47H,2,6,20H2,1H3/b14-3-,48-41-. The van der Waals surface area contributed by atoms with Gasteiger partial charge >= 0.3 is 0 Å². The Balaban J connectivity index is 1.30. The average Bonchev–Trinajstić information content (AvgIpc) is 3.40. The molecule has 2 heterocycles. The number of nitriles is 3. The maximum atomic E-state index is 10.7. The van der Waals surface area contributed by atoms with E-state index in [1.165, 1.54) is 0 Å². The molecule has 0 saturated carbocycles. The maximum Gasteiger partial charge on any atom is 0.101 e. The van der Waals surface area contributed by atoms with Crippen molar-refractivity contribution < 1.29 is 0 Å². The Morgan fingerprint density at radius 1 is 0.906 bits per heavy atom. The quantitative estimate of drug-likeness (QED) is 0.150. The van der Waals surface area contributed by atoms with Gasteiger partial charge in [-0.15, -0.1) is 0 Å². The van der Waals surface area contributed by atoms with Gasteiger partial charge in [-0.25, -0.2) is 0 Å². The van der Waals surface area contributed by atoms with E-state index in [1.54, 1.807) is 0 Å². The number of fused-ring (bicyclic) bond motifs is 6. The van der Waals surface area contributed by atoms with E-state index in [4.69, 9.17) is 0 Å². The topological polar surface area (TPSA) is 79.5 Å². The van der Waals surface area contributed by atoms with Crippen molar-refractivity contribution in [2.75, 3.05) is 4.90 Å². The van der Waals surface area contributed by atoms with Gasteiger partial charge in [0.05, 0.1) is 40.1 Å². The minimum atomic E-state index is -0.0563. The molecular weight excluding hydrogens is 647 g/mol. The Kier molecular flexibility index (Phi) is 8.65. The Bertz CT molecular complexity index is 2640. The van der Waals surface area contributed by atoms with Crippen LogP contribution in [0.2, 0.25) is 0 Å². The second-order valence-electron chi connectivity index (χ2n) is 13.3. The summed E-state index contributed by atoms with van der Waals surface area (Å²) in [5.74, 6) is 0.00761. The van der Waals surface area contributed by atoms with Crippen molar-refractivity contribution in [3.05, 3.63) is 196 Å². The second kappa shape index (κ2) is 13.9. The number of hydrogen-bond acceptors (Lipinski definition) is 4. The van der Waals surface area contributed by atoms with Crippen LogP contribution in [0.5, 0.6) is 0 Å². The first-order valence-corrected chi connectivity index (χ1v) is 17.8. The Hall–Kier alpha value is -7.13. The highest BCUT2D eigenvalue weighted by molar-refractivity contribution is 5.99. The highest BCUT2D eigenvalue weighted by atomic mass is 15.2. The fourth-order valence-corrected chi connectivity index (χ4v) is 8.15. The molecule has 0 radical (unpaired) electrons. The molecular formula is C48H35N5. The number of aromatic nitrogens is 1. The number of hydrogen-bond donors (Lipinski definition) is 0. The fraction of sp³-hybridized carbons (Fsp3) is 0.104. The lowest BCUT2D eigenvalue weighted by atomic mass is 9.87. The second-order valence-corrected chi connectivity index (χ2v) is 13.3. The zero-order valence-electron chi connectivity index (χ0n) is 29.4. The van der Waals surface area contributed by atoms with Gasteiger partial charge in [-0.3, -0.25) is 0 Å². The molecule has 0 saturated heterocycles. The Morgan fingerprint density at radius 3 is 2.58 bits per heavy atom. The molecule has 3 aliphatic carbocycles. The van der Waals surface area contributed by atoms with Crippen molar-refractivity contribution in [3.63, 3.8) is 0 Å². The summed E-state index contributed by atoms with van der Waals surface area (Å²) >= 11 is 0. The third-order valence-electron chi connectivity index (χ3n) is 10.4. The van der Waals surface area contributed by atoms with Gasteiger partial charge in [0, 0.05) is 45.8 Å². The Morgan fingerprint density at radius 2 is 1.75 bits per heavy atom. The van der Waals surface area contributed by atoms with E-state index < -0.39 is 0 Å². The summed E-state index contributed by atoms with van der Waals surface area (Å²) in [7, 11) is 0. The molecule has 0 amide bonds. The molecule has 4 aromatic rings. The molecule has 1 aliphatic heterocycles. The molecule has 0 N–H and O–H groups in total. The number of anilines is 2. The number of nitrogens with zero attached hydrogens (tertiary/aromatic N) is 5. The Labute approximate surface area is 310 Å². The molecule has 0 fully saturated rings. The van der Waals surface area contributed by atoms with Crippen molar-refractivity contribution in [1.82, 2.24) is 4.57 Å². The van der Waals surface area contributed by atoms with Crippen molar-refractivity contribution in [2.45, 2.75) is 31.7 Å². The van der Waals surface area contributed by atoms with Gasteiger partial charge in [0.15, 0.2) is 0 Å². The molecule has 4 aliphatic rings. The van der Waals surface area contributed by atoms with Crippen LogP contribution in [0.1, 0.15) is 47.2 Å².